The molecule has 1 aliphatic carbocycles. The van der Waals surface area contributed by atoms with Gasteiger partial charge >= 0.3 is 0 Å². The summed E-state index contributed by atoms with van der Waals surface area (Å²) >= 11 is 0. The first-order chi connectivity index (χ1) is 9.50. The van der Waals surface area contributed by atoms with E-state index in [1.54, 1.807) is 0 Å². The van der Waals surface area contributed by atoms with E-state index in [-0.39, 0.29) is 5.82 Å². The molecular weight excluding hydrogens is 255 g/mol. The average molecular weight is 280 g/mol. The molecule has 1 unspecified atom stereocenters. The van der Waals surface area contributed by atoms with E-state index in [9.17, 15) is 4.39 Å². The molecule has 1 aromatic rings. The predicted octanol–water partition coefficient (Wildman–Crippen LogP) is 3.82. The van der Waals surface area contributed by atoms with Crippen molar-refractivity contribution in [3.63, 3.8) is 0 Å². The molecule has 0 aromatic carbocycles. The molecule has 1 aliphatic rings. The number of nitrogens with one attached hydrogen (secondary N) is 2. The minimum atomic E-state index is -0.379. The van der Waals surface area contributed by atoms with Crippen molar-refractivity contribution in [2.24, 2.45) is 5.41 Å². The van der Waals surface area contributed by atoms with Crippen molar-refractivity contribution in [1.82, 2.24) is 9.97 Å². The van der Waals surface area contributed by atoms with Crippen LogP contribution in [-0.2, 0) is 0 Å². The molecule has 4 nitrogen and oxygen atoms in total. The second-order valence-corrected chi connectivity index (χ2v) is 6.42. The summed E-state index contributed by atoms with van der Waals surface area (Å²) in [5.74, 6) is 0.433. The van der Waals surface area contributed by atoms with Crippen molar-refractivity contribution < 1.29 is 4.39 Å². The standard InChI is InChI=1S/C15H25FN4/c1-4-8-17-14-18-10-12(16)13(20-14)19-11-6-5-7-15(2,3)9-11/h10-11H,4-9H2,1-3H3,(H2,17,18,19,20). The quantitative estimate of drug-likeness (QED) is 0.861. The smallest absolute Gasteiger partial charge is 0.224 e. The molecule has 0 bridgehead atoms. The summed E-state index contributed by atoms with van der Waals surface area (Å²) in [5.41, 5.74) is 0.322. The fourth-order valence-corrected chi connectivity index (χ4v) is 2.81. The van der Waals surface area contributed by atoms with Crippen LogP contribution in [0.25, 0.3) is 0 Å². The Bertz CT molecular complexity index is 447. The first kappa shape index (κ1) is 15.0. The first-order valence-corrected chi connectivity index (χ1v) is 7.53. The van der Waals surface area contributed by atoms with Crippen LogP contribution in [0.15, 0.2) is 6.20 Å². The molecule has 2 rings (SSSR count). The Morgan fingerprint density at radius 2 is 2.25 bits per heavy atom. The van der Waals surface area contributed by atoms with Gasteiger partial charge in [-0.2, -0.15) is 4.98 Å². The molecule has 0 aliphatic heterocycles. The summed E-state index contributed by atoms with van der Waals surface area (Å²) in [7, 11) is 0. The van der Waals surface area contributed by atoms with E-state index in [2.05, 4.69) is 41.4 Å². The van der Waals surface area contributed by atoms with Crippen LogP contribution >= 0.6 is 0 Å². The molecule has 0 spiro atoms. The largest absolute Gasteiger partial charge is 0.365 e. The van der Waals surface area contributed by atoms with E-state index in [1.165, 1.54) is 19.0 Å². The number of halogens is 1. The maximum absolute atomic E-state index is 13.8. The highest BCUT2D eigenvalue weighted by Crippen LogP contribution is 2.36. The lowest BCUT2D eigenvalue weighted by Gasteiger charge is -2.35. The fourth-order valence-electron chi connectivity index (χ4n) is 2.81. The highest BCUT2D eigenvalue weighted by atomic mass is 19.1. The third-order valence-electron chi connectivity index (χ3n) is 3.82. The Labute approximate surface area is 120 Å². The maximum atomic E-state index is 13.8. The number of rotatable bonds is 5. The Morgan fingerprint density at radius 1 is 1.45 bits per heavy atom. The zero-order chi connectivity index (χ0) is 14.6. The molecule has 2 N–H and O–H groups in total. The van der Waals surface area contributed by atoms with E-state index in [1.807, 2.05) is 0 Å². The van der Waals surface area contributed by atoms with Gasteiger partial charge in [-0.3, -0.25) is 0 Å². The van der Waals surface area contributed by atoms with Gasteiger partial charge < -0.3 is 10.6 Å². The molecule has 112 valence electrons. The van der Waals surface area contributed by atoms with Crippen LogP contribution < -0.4 is 10.6 Å². The molecule has 0 amide bonds. The third-order valence-corrected chi connectivity index (χ3v) is 3.82. The van der Waals surface area contributed by atoms with Gasteiger partial charge in [-0.05, 0) is 31.1 Å². The van der Waals surface area contributed by atoms with Gasteiger partial charge in [-0.15, -0.1) is 0 Å². The molecule has 0 radical (unpaired) electrons. The van der Waals surface area contributed by atoms with Crippen LogP contribution in [-0.4, -0.2) is 22.6 Å². The van der Waals surface area contributed by atoms with Crippen molar-refractivity contribution in [1.29, 1.82) is 0 Å². The predicted molar refractivity (Wildman–Crippen MR) is 80.4 cm³/mol. The van der Waals surface area contributed by atoms with Crippen LogP contribution in [0.1, 0.15) is 52.9 Å². The maximum Gasteiger partial charge on any atom is 0.224 e. The van der Waals surface area contributed by atoms with E-state index < -0.39 is 0 Å². The lowest BCUT2D eigenvalue weighted by atomic mass is 9.75. The van der Waals surface area contributed by atoms with Crippen molar-refractivity contribution in [3.8, 4) is 0 Å². The van der Waals surface area contributed by atoms with E-state index >= 15 is 0 Å². The summed E-state index contributed by atoms with van der Waals surface area (Å²) in [4.78, 5) is 8.20. The SMILES string of the molecule is CCCNc1ncc(F)c(NC2CCCC(C)(C)C2)n1. The summed E-state index contributed by atoms with van der Waals surface area (Å²) < 4.78 is 13.8. The number of hydrogen-bond acceptors (Lipinski definition) is 4. The third kappa shape index (κ3) is 4.05. The summed E-state index contributed by atoms with van der Waals surface area (Å²) in [6, 6.07) is 0.294. The second kappa shape index (κ2) is 6.37. The normalized spacial score (nSPS) is 21.5. The van der Waals surface area contributed by atoms with Crippen LogP contribution in [0.5, 0.6) is 0 Å². The van der Waals surface area contributed by atoms with Gasteiger partial charge in [0.15, 0.2) is 11.6 Å². The zero-order valence-electron chi connectivity index (χ0n) is 12.7. The summed E-state index contributed by atoms with van der Waals surface area (Å²) in [6.45, 7) is 7.40. The first-order valence-electron chi connectivity index (χ1n) is 7.53. The van der Waals surface area contributed by atoms with Gasteiger partial charge in [0.2, 0.25) is 5.95 Å². The van der Waals surface area contributed by atoms with Crippen molar-refractivity contribution in [3.05, 3.63) is 12.0 Å². The zero-order valence-corrected chi connectivity index (χ0v) is 12.7. The monoisotopic (exact) mass is 280 g/mol. The highest BCUT2D eigenvalue weighted by molar-refractivity contribution is 5.42. The van der Waals surface area contributed by atoms with Gasteiger partial charge in [-0.1, -0.05) is 27.2 Å². The van der Waals surface area contributed by atoms with E-state index in [0.717, 1.165) is 25.8 Å². The molecule has 0 saturated heterocycles. The Hall–Kier alpha value is -1.39. The van der Waals surface area contributed by atoms with Crippen LogP contribution in [0.3, 0.4) is 0 Å². The molecule has 1 atom stereocenters. The second-order valence-electron chi connectivity index (χ2n) is 6.42. The van der Waals surface area contributed by atoms with Crippen molar-refractivity contribution >= 4 is 11.8 Å². The van der Waals surface area contributed by atoms with E-state index in [0.29, 0.717) is 23.2 Å². The Balaban J connectivity index is 2.04. The number of anilines is 2. The van der Waals surface area contributed by atoms with Crippen LogP contribution in [0, 0.1) is 11.2 Å². The molecule has 1 aromatic heterocycles. The van der Waals surface area contributed by atoms with Gasteiger partial charge in [0.1, 0.15) is 0 Å². The molecule has 5 heteroatoms. The minimum Gasteiger partial charge on any atom is -0.365 e. The number of hydrogen-bond donors (Lipinski definition) is 2. The van der Waals surface area contributed by atoms with Gasteiger partial charge in [0.25, 0.3) is 0 Å². The lowest BCUT2D eigenvalue weighted by molar-refractivity contribution is 0.229. The molecular formula is C15H25FN4. The van der Waals surface area contributed by atoms with Gasteiger partial charge in [-0.25, -0.2) is 9.37 Å². The summed E-state index contributed by atoms with van der Waals surface area (Å²) in [6.07, 6.45) is 6.76. The molecule has 1 heterocycles. The van der Waals surface area contributed by atoms with Crippen molar-refractivity contribution in [2.45, 2.75) is 58.9 Å². The summed E-state index contributed by atoms with van der Waals surface area (Å²) in [5, 5.41) is 6.34. The van der Waals surface area contributed by atoms with Crippen LogP contribution in [0.2, 0.25) is 0 Å². The fraction of sp³-hybridized carbons (Fsp3) is 0.733. The Morgan fingerprint density at radius 3 is 2.95 bits per heavy atom. The topological polar surface area (TPSA) is 49.8 Å². The number of nitrogens with zero attached hydrogens (tertiary/aromatic N) is 2. The van der Waals surface area contributed by atoms with E-state index in [4.69, 9.17) is 0 Å². The van der Waals surface area contributed by atoms with Gasteiger partial charge in [0, 0.05) is 12.6 Å². The minimum absolute atomic E-state index is 0.294. The molecule has 1 fully saturated rings. The van der Waals surface area contributed by atoms with Crippen molar-refractivity contribution in [2.75, 3.05) is 17.2 Å². The average Bonchev–Trinajstić information content (AvgIpc) is 2.38. The number of aromatic nitrogens is 2. The Kier molecular flexibility index (Phi) is 4.78. The molecule has 20 heavy (non-hydrogen) atoms. The van der Waals surface area contributed by atoms with Gasteiger partial charge in [0.05, 0.1) is 6.20 Å². The van der Waals surface area contributed by atoms with Crippen LogP contribution in [0.4, 0.5) is 16.2 Å². The lowest BCUT2D eigenvalue weighted by Crippen LogP contribution is -2.32. The molecule has 1 saturated carbocycles. The highest BCUT2D eigenvalue weighted by Gasteiger charge is 2.28.